The van der Waals surface area contributed by atoms with E-state index in [1.54, 1.807) is 61.5 Å². The van der Waals surface area contributed by atoms with Crippen molar-refractivity contribution in [2.75, 3.05) is 5.73 Å². The molecule has 0 aliphatic heterocycles. The number of aromatic hydroxyl groups is 2. The number of anilines is 1. The number of nitrogens with two attached hydrogens (primary N) is 1. The second-order valence-electron chi connectivity index (χ2n) is 11.5. The summed E-state index contributed by atoms with van der Waals surface area (Å²) >= 11 is 12.1. The second-order valence-corrected chi connectivity index (χ2v) is 15.1. The van der Waals surface area contributed by atoms with E-state index in [2.05, 4.69) is 30.7 Å². The Bertz CT molecular complexity index is 2780. The molecular formula is C35H25Cl2N7O8S2. The minimum atomic E-state index is -5.11. The summed E-state index contributed by atoms with van der Waals surface area (Å²) in [5, 5.41) is 44.8. The summed E-state index contributed by atoms with van der Waals surface area (Å²) in [7, 11) is -10.2. The van der Waals surface area contributed by atoms with E-state index in [1.807, 2.05) is 12.1 Å². The molecule has 6 N–H and O–H groups in total. The molecule has 274 valence electrons. The fourth-order valence-corrected chi connectivity index (χ4v) is 6.79. The third-order valence-corrected chi connectivity index (χ3v) is 10.1. The maximum atomic E-state index is 12.4. The molecule has 54 heavy (non-hydrogen) atoms. The van der Waals surface area contributed by atoms with Crippen LogP contribution in [0.2, 0.25) is 10.0 Å². The molecule has 6 aromatic carbocycles. The SMILES string of the molecule is Cc1cc(N=Nc2ccc(-c3ccc(N=Nc4c(S(=O)(=O)O)cc5cc(S(=O)(=O)O)c(N=Nc6cc(Cl)ccc6Cl)c(N)c5c4O)cc3)cc2)ccc1O. The molecule has 0 atom stereocenters. The van der Waals surface area contributed by atoms with E-state index in [0.29, 0.717) is 16.9 Å². The lowest BCUT2D eigenvalue weighted by atomic mass is 10.0. The van der Waals surface area contributed by atoms with E-state index in [-0.39, 0.29) is 37.9 Å². The summed E-state index contributed by atoms with van der Waals surface area (Å²) in [5.41, 5.74) is 8.05. The van der Waals surface area contributed by atoms with Gasteiger partial charge in [0.2, 0.25) is 0 Å². The van der Waals surface area contributed by atoms with Gasteiger partial charge in [-0.15, -0.1) is 15.3 Å². The van der Waals surface area contributed by atoms with Crippen molar-refractivity contribution in [1.29, 1.82) is 0 Å². The monoisotopic (exact) mass is 805 g/mol. The average Bonchev–Trinajstić information content (AvgIpc) is 3.12. The topological polar surface area (TPSA) is 249 Å². The van der Waals surface area contributed by atoms with Gasteiger partial charge in [-0.05, 0) is 102 Å². The van der Waals surface area contributed by atoms with Crippen LogP contribution in [-0.4, -0.2) is 36.2 Å². The van der Waals surface area contributed by atoms with Crippen molar-refractivity contribution < 1.29 is 36.2 Å². The van der Waals surface area contributed by atoms with Crippen LogP contribution in [0.5, 0.6) is 11.5 Å². The Kier molecular flexibility index (Phi) is 10.5. The predicted molar refractivity (Wildman–Crippen MR) is 203 cm³/mol. The Morgan fingerprint density at radius 1 is 0.593 bits per heavy atom. The minimum Gasteiger partial charge on any atom is -0.508 e. The molecule has 6 aromatic rings. The first kappa shape index (κ1) is 37.9. The number of nitrogen functional groups attached to an aromatic ring is 1. The van der Waals surface area contributed by atoms with E-state index in [1.165, 1.54) is 18.2 Å². The smallest absolute Gasteiger partial charge is 0.296 e. The lowest BCUT2D eigenvalue weighted by Gasteiger charge is -2.14. The van der Waals surface area contributed by atoms with Crippen molar-refractivity contribution >= 4 is 94.0 Å². The molecule has 6 rings (SSSR count). The van der Waals surface area contributed by atoms with Crippen LogP contribution in [0.3, 0.4) is 0 Å². The highest BCUT2D eigenvalue weighted by Gasteiger charge is 2.28. The lowest BCUT2D eigenvalue weighted by Crippen LogP contribution is -2.03. The summed E-state index contributed by atoms with van der Waals surface area (Å²) < 4.78 is 69.7. The van der Waals surface area contributed by atoms with Crippen LogP contribution in [0.4, 0.5) is 39.8 Å². The average molecular weight is 807 g/mol. The number of fused-ring (bicyclic) bond motifs is 1. The molecule has 0 unspecified atom stereocenters. The Balaban J connectivity index is 1.34. The number of phenolic OH excluding ortho intramolecular Hbond substituents is 2. The molecule has 0 saturated carbocycles. The molecular weight excluding hydrogens is 781 g/mol. The Morgan fingerprint density at radius 3 is 1.65 bits per heavy atom. The highest BCUT2D eigenvalue weighted by Crippen LogP contribution is 2.48. The fourth-order valence-electron chi connectivity index (χ4n) is 5.14. The summed E-state index contributed by atoms with van der Waals surface area (Å²) in [6, 6.07) is 24.4. The first-order chi connectivity index (χ1) is 25.5. The van der Waals surface area contributed by atoms with Gasteiger partial charge in [0, 0.05) is 5.02 Å². The van der Waals surface area contributed by atoms with E-state index in [4.69, 9.17) is 28.9 Å². The van der Waals surface area contributed by atoms with Crippen molar-refractivity contribution in [1.82, 2.24) is 0 Å². The van der Waals surface area contributed by atoms with Gasteiger partial charge in [0.05, 0.1) is 33.2 Å². The molecule has 15 nitrogen and oxygen atoms in total. The molecule has 0 amide bonds. The van der Waals surface area contributed by atoms with Gasteiger partial charge in [-0.25, -0.2) is 0 Å². The lowest BCUT2D eigenvalue weighted by molar-refractivity contribution is 0.471. The molecule has 0 radical (unpaired) electrons. The van der Waals surface area contributed by atoms with Crippen molar-refractivity contribution in [3.63, 3.8) is 0 Å². The van der Waals surface area contributed by atoms with Crippen LogP contribution in [0, 0.1) is 6.92 Å². The van der Waals surface area contributed by atoms with E-state index >= 15 is 0 Å². The molecule has 0 aliphatic carbocycles. The van der Waals surface area contributed by atoms with Crippen LogP contribution >= 0.6 is 23.2 Å². The third-order valence-electron chi connectivity index (χ3n) is 7.83. The van der Waals surface area contributed by atoms with Crippen molar-refractivity contribution in [3.05, 3.63) is 113 Å². The van der Waals surface area contributed by atoms with Crippen molar-refractivity contribution in [2.45, 2.75) is 16.7 Å². The number of halogens is 2. The minimum absolute atomic E-state index is 0.0110. The van der Waals surface area contributed by atoms with E-state index in [9.17, 15) is 36.2 Å². The van der Waals surface area contributed by atoms with Gasteiger partial charge < -0.3 is 15.9 Å². The molecule has 0 bridgehead atoms. The first-order valence-corrected chi connectivity index (χ1v) is 18.9. The Morgan fingerprint density at radius 2 is 1.09 bits per heavy atom. The maximum absolute atomic E-state index is 12.4. The van der Waals surface area contributed by atoms with Gasteiger partial charge in [-0.3, -0.25) is 9.11 Å². The fraction of sp³-hybridized carbons (Fsp3) is 0.0286. The van der Waals surface area contributed by atoms with Crippen LogP contribution in [0.1, 0.15) is 5.56 Å². The molecule has 0 aliphatic rings. The zero-order valence-electron chi connectivity index (χ0n) is 27.5. The van der Waals surface area contributed by atoms with Crippen LogP contribution in [-0.2, 0) is 20.2 Å². The molecule has 0 spiro atoms. The highest BCUT2D eigenvalue weighted by molar-refractivity contribution is 7.86. The Labute approximate surface area is 317 Å². The number of benzene rings is 6. The zero-order chi connectivity index (χ0) is 38.9. The van der Waals surface area contributed by atoms with Gasteiger partial charge in [-0.1, -0.05) is 47.5 Å². The van der Waals surface area contributed by atoms with Gasteiger partial charge in [-0.2, -0.15) is 32.2 Å². The van der Waals surface area contributed by atoms with Crippen molar-refractivity contribution in [2.24, 2.45) is 30.7 Å². The molecule has 0 heterocycles. The van der Waals surface area contributed by atoms with Crippen molar-refractivity contribution in [3.8, 4) is 22.6 Å². The molecule has 0 aromatic heterocycles. The third kappa shape index (κ3) is 8.21. The standard InChI is InChI=1S/C35H25Cl2N7O8S2/c1-18-14-25(11-13-28(18)45)41-39-23-7-2-19(3-8-23)20-4-9-24(10-5-20)40-44-34-30(54(50,51)52)16-21-15-29(53(47,48)49)33(32(38)31(21)35(34)46)43-42-27-17-22(36)6-12-26(27)37/h2-17,45-46H,38H2,1H3,(H,47,48,49)(H,50,51,52). The van der Waals surface area contributed by atoms with Gasteiger partial charge in [0.15, 0.2) is 5.75 Å². The number of aryl methyl sites for hydroxylation is 1. The highest BCUT2D eigenvalue weighted by atomic mass is 35.5. The largest absolute Gasteiger partial charge is 0.508 e. The zero-order valence-corrected chi connectivity index (χ0v) is 30.6. The summed E-state index contributed by atoms with van der Waals surface area (Å²) in [5.74, 6) is -0.740. The summed E-state index contributed by atoms with van der Waals surface area (Å²) in [4.78, 5) is -1.83. The Hall–Kier alpha value is -5.82. The van der Waals surface area contributed by atoms with Crippen LogP contribution in [0.25, 0.3) is 21.9 Å². The number of hydrogen-bond acceptors (Lipinski definition) is 13. The molecule has 0 saturated heterocycles. The second kappa shape index (κ2) is 14.9. The predicted octanol–water partition coefficient (Wildman–Crippen LogP) is 10.9. The maximum Gasteiger partial charge on any atom is 0.296 e. The van der Waals surface area contributed by atoms with Crippen LogP contribution < -0.4 is 5.73 Å². The number of azo groups is 3. The number of nitrogens with zero attached hydrogens (tertiary/aromatic N) is 6. The first-order valence-electron chi connectivity index (χ1n) is 15.3. The van der Waals surface area contributed by atoms with E-state index in [0.717, 1.165) is 23.3 Å². The summed E-state index contributed by atoms with van der Waals surface area (Å²) in [6.07, 6.45) is 0. The summed E-state index contributed by atoms with van der Waals surface area (Å²) in [6.45, 7) is 1.76. The van der Waals surface area contributed by atoms with Gasteiger partial charge >= 0.3 is 0 Å². The van der Waals surface area contributed by atoms with Crippen LogP contribution in [0.15, 0.2) is 138 Å². The number of rotatable bonds is 9. The number of phenols is 2. The number of hydrogen-bond donors (Lipinski definition) is 5. The normalized spacial score (nSPS) is 12.5. The van der Waals surface area contributed by atoms with Gasteiger partial charge in [0.1, 0.15) is 32.6 Å². The molecule has 0 fully saturated rings. The van der Waals surface area contributed by atoms with Gasteiger partial charge in [0.25, 0.3) is 20.2 Å². The quantitative estimate of drug-likeness (QED) is 0.0528. The van der Waals surface area contributed by atoms with E-state index < -0.39 is 52.8 Å². The molecule has 19 heteroatoms.